The molecule has 5 rings (SSSR count). The first-order valence-corrected chi connectivity index (χ1v) is 12.4. The molecular formula is C27H26N4O2S. The van der Waals surface area contributed by atoms with Gasteiger partial charge in [0.1, 0.15) is 5.69 Å². The van der Waals surface area contributed by atoms with Gasteiger partial charge in [-0.2, -0.15) is 5.10 Å². The zero-order chi connectivity index (χ0) is 23.3. The molecule has 34 heavy (non-hydrogen) atoms. The highest BCUT2D eigenvalue weighted by Gasteiger charge is 2.30. The SMILES string of the molecule is O=C(NCc1ccccc1)C1CCN(C(=O)c2cn(-c3ccccc3)nc2-c2cccs2)CC1. The summed E-state index contributed by atoms with van der Waals surface area (Å²) in [5.41, 5.74) is 3.29. The van der Waals surface area contributed by atoms with Gasteiger partial charge in [-0.15, -0.1) is 11.3 Å². The number of aromatic nitrogens is 2. The van der Waals surface area contributed by atoms with E-state index in [0.29, 0.717) is 43.7 Å². The number of hydrogen-bond donors (Lipinski definition) is 1. The number of benzene rings is 2. The summed E-state index contributed by atoms with van der Waals surface area (Å²) in [6.45, 7) is 1.65. The van der Waals surface area contributed by atoms with Crippen LogP contribution in [0.2, 0.25) is 0 Å². The normalized spacial score (nSPS) is 14.2. The first kappa shape index (κ1) is 22.1. The van der Waals surface area contributed by atoms with E-state index in [1.165, 1.54) is 0 Å². The van der Waals surface area contributed by atoms with E-state index in [9.17, 15) is 9.59 Å². The van der Waals surface area contributed by atoms with Crippen molar-refractivity contribution in [1.82, 2.24) is 20.0 Å². The second kappa shape index (κ2) is 10.1. The Labute approximate surface area is 202 Å². The molecular weight excluding hydrogens is 444 g/mol. The predicted octanol–water partition coefficient (Wildman–Crippen LogP) is 4.77. The summed E-state index contributed by atoms with van der Waals surface area (Å²) < 4.78 is 1.77. The Hall–Kier alpha value is -3.71. The topological polar surface area (TPSA) is 67.2 Å². The number of piperidine rings is 1. The van der Waals surface area contributed by atoms with Crippen LogP contribution < -0.4 is 5.32 Å². The second-order valence-electron chi connectivity index (χ2n) is 8.42. The molecule has 0 spiro atoms. The number of likely N-dealkylation sites (tertiary alicyclic amines) is 1. The lowest BCUT2D eigenvalue weighted by molar-refractivity contribution is -0.126. The van der Waals surface area contributed by atoms with Gasteiger partial charge in [0.25, 0.3) is 5.91 Å². The minimum atomic E-state index is -0.0726. The van der Waals surface area contributed by atoms with Crippen molar-refractivity contribution in [2.45, 2.75) is 19.4 Å². The quantitative estimate of drug-likeness (QED) is 0.441. The summed E-state index contributed by atoms with van der Waals surface area (Å²) in [7, 11) is 0. The van der Waals surface area contributed by atoms with Crippen LogP contribution in [0.25, 0.3) is 16.3 Å². The highest BCUT2D eigenvalue weighted by molar-refractivity contribution is 7.13. The van der Waals surface area contributed by atoms with Crippen molar-refractivity contribution in [2.24, 2.45) is 5.92 Å². The van der Waals surface area contributed by atoms with Crippen LogP contribution in [-0.4, -0.2) is 39.6 Å². The van der Waals surface area contributed by atoms with Gasteiger partial charge in [0.05, 0.1) is 16.1 Å². The average molecular weight is 471 g/mol. The first-order valence-electron chi connectivity index (χ1n) is 11.5. The van der Waals surface area contributed by atoms with E-state index in [-0.39, 0.29) is 17.7 Å². The van der Waals surface area contributed by atoms with Crippen LogP contribution in [0.3, 0.4) is 0 Å². The van der Waals surface area contributed by atoms with Crippen LogP contribution in [-0.2, 0) is 11.3 Å². The van der Waals surface area contributed by atoms with Crippen molar-refractivity contribution < 1.29 is 9.59 Å². The van der Waals surface area contributed by atoms with Gasteiger partial charge in [0, 0.05) is 31.7 Å². The molecule has 1 aliphatic rings. The Morgan fingerprint density at radius 1 is 0.941 bits per heavy atom. The molecule has 6 nitrogen and oxygen atoms in total. The summed E-state index contributed by atoms with van der Waals surface area (Å²) in [4.78, 5) is 29.0. The van der Waals surface area contributed by atoms with E-state index in [4.69, 9.17) is 5.10 Å². The average Bonchev–Trinajstić information content (AvgIpc) is 3.58. The number of amides is 2. The summed E-state index contributed by atoms with van der Waals surface area (Å²) >= 11 is 1.57. The standard InChI is InChI=1S/C27H26N4O2S/c32-26(28-18-20-8-3-1-4-9-20)21-13-15-30(16-14-21)27(33)23-19-31(22-10-5-2-6-11-22)29-25(23)24-12-7-17-34-24/h1-12,17,19,21H,13-16,18H2,(H,28,32). The monoisotopic (exact) mass is 470 g/mol. The number of carbonyl (C=O) groups excluding carboxylic acids is 2. The number of para-hydroxylation sites is 1. The van der Waals surface area contributed by atoms with E-state index >= 15 is 0 Å². The Balaban J connectivity index is 1.27. The fraction of sp³-hybridized carbons (Fsp3) is 0.222. The van der Waals surface area contributed by atoms with Crippen molar-refractivity contribution in [2.75, 3.05) is 13.1 Å². The molecule has 1 saturated heterocycles. The van der Waals surface area contributed by atoms with Crippen molar-refractivity contribution >= 4 is 23.2 Å². The maximum Gasteiger partial charge on any atom is 0.257 e. The van der Waals surface area contributed by atoms with Gasteiger partial charge in [0.2, 0.25) is 5.91 Å². The van der Waals surface area contributed by atoms with Crippen molar-refractivity contribution in [3.63, 3.8) is 0 Å². The number of thiophene rings is 1. The third-order valence-corrected chi connectivity index (χ3v) is 7.06. The van der Waals surface area contributed by atoms with Gasteiger partial charge >= 0.3 is 0 Å². The molecule has 1 aliphatic heterocycles. The second-order valence-corrected chi connectivity index (χ2v) is 9.37. The third kappa shape index (κ3) is 4.79. The predicted molar refractivity (Wildman–Crippen MR) is 134 cm³/mol. The van der Waals surface area contributed by atoms with Gasteiger partial charge in [0.15, 0.2) is 0 Å². The molecule has 172 valence electrons. The number of carbonyl (C=O) groups is 2. The molecule has 7 heteroatoms. The van der Waals surface area contributed by atoms with Crippen LogP contribution >= 0.6 is 11.3 Å². The Kier molecular flexibility index (Phi) is 6.53. The van der Waals surface area contributed by atoms with Crippen LogP contribution in [0.1, 0.15) is 28.8 Å². The molecule has 0 unspecified atom stereocenters. The van der Waals surface area contributed by atoms with E-state index in [1.54, 1.807) is 16.0 Å². The summed E-state index contributed by atoms with van der Waals surface area (Å²) in [6.07, 6.45) is 3.15. The minimum Gasteiger partial charge on any atom is -0.352 e. The lowest BCUT2D eigenvalue weighted by atomic mass is 9.95. The molecule has 1 fully saturated rings. The van der Waals surface area contributed by atoms with E-state index in [0.717, 1.165) is 16.1 Å². The Morgan fingerprint density at radius 3 is 2.32 bits per heavy atom. The molecule has 0 atom stereocenters. The van der Waals surface area contributed by atoms with E-state index in [1.807, 2.05) is 89.3 Å². The van der Waals surface area contributed by atoms with Crippen molar-refractivity contribution in [1.29, 1.82) is 0 Å². The fourth-order valence-electron chi connectivity index (χ4n) is 4.28. The molecule has 1 N–H and O–H groups in total. The Morgan fingerprint density at radius 2 is 1.65 bits per heavy atom. The van der Waals surface area contributed by atoms with Gasteiger partial charge in [-0.25, -0.2) is 4.68 Å². The highest BCUT2D eigenvalue weighted by Crippen LogP contribution is 2.30. The third-order valence-electron chi connectivity index (χ3n) is 6.18. The lowest BCUT2D eigenvalue weighted by Gasteiger charge is -2.31. The van der Waals surface area contributed by atoms with Crippen molar-refractivity contribution in [3.8, 4) is 16.3 Å². The molecule has 2 amide bonds. The van der Waals surface area contributed by atoms with E-state index < -0.39 is 0 Å². The Bertz CT molecular complexity index is 1240. The summed E-state index contributed by atoms with van der Waals surface area (Å²) in [5, 5.41) is 9.78. The maximum absolute atomic E-state index is 13.5. The van der Waals surface area contributed by atoms with E-state index in [2.05, 4.69) is 5.32 Å². The van der Waals surface area contributed by atoms with Crippen LogP contribution in [0, 0.1) is 5.92 Å². The number of hydrogen-bond acceptors (Lipinski definition) is 4. The zero-order valence-electron chi connectivity index (χ0n) is 18.8. The first-order chi connectivity index (χ1) is 16.7. The molecule has 0 saturated carbocycles. The molecule has 2 aromatic heterocycles. The molecule has 0 bridgehead atoms. The number of nitrogens with zero attached hydrogens (tertiary/aromatic N) is 3. The van der Waals surface area contributed by atoms with Gasteiger partial charge in [-0.05, 0) is 42.0 Å². The zero-order valence-corrected chi connectivity index (χ0v) is 19.6. The molecule has 0 aliphatic carbocycles. The lowest BCUT2D eigenvalue weighted by Crippen LogP contribution is -2.43. The molecule has 2 aromatic carbocycles. The molecule has 4 aromatic rings. The van der Waals surface area contributed by atoms with Gasteiger partial charge in [-0.3, -0.25) is 9.59 Å². The minimum absolute atomic E-state index is 0.0336. The van der Waals surface area contributed by atoms with Crippen molar-refractivity contribution in [3.05, 3.63) is 95.5 Å². The maximum atomic E-state index is 13.5. The number of nitrogens with one attached hydrogen (secondary N) is 1. The molecule has 3 heterocycles. The molecule has 0 radical (unpaired) electrons. The number of rotatable bonds is 6. The van der Waals surface area contributed by atoms with Crippen LogP contribution in [0.5, 0.6) is 0 Å². The van der Waals surface area contributed by atoms with Gasteiger partial charge < -0.3 is 10.2 Å². The smallest absolute Gasteiger partial charge is 0.257 e. The van der Waals surface area contributed by atoms with Crippen LogP contribution in [0.15, 0.2) is 84.4 Å². The summed E-state index contributed by atoms with van der Waals surface area (Å²) in [5.74, 6) is -0.0441. The fourth-order valence-corrected chi connectivity index (χ4v) is 5.01. The van der Waals surface area contributed by atoms with Crippen LogP contribution in [0.4, 0.5) is 0 Å². The summed E-state index contributed by atoms with van der Waals surface area (Å²) in [6, 6.07) is 23.7. The van der Waals surface area contributed by atoms with Gasteiger partial charge in [-0.1, -0.05) is 54.6 Å². The highest BCUT2D eigenvalue weighted by atomic mass is 32.1. The largest absolute Gasteiger partial charge is 0.352 e.